The van der Waals surface area contributed by atoms with Crippen molar-refractivity contribution in [2.24, 2.45) is 0 Å². The van der Waals surface area contributed by atoms with E-state index in [1.54, 1.807) is 0 Å². The molecular formula is C15H19ClN2S. The van der Waals surface area contributed by atoms with Crippen molar-refractivity contribution in [3.8, 4) is 0 Å². The highest BCUT2D eigenvalue weighted by molar-refractivity contribution is 7.99. The zero-order chi connectivity index (χ0) is 13.4. The molecule has 102 valence electrons. The lowest BCUT2D eigenvalue weighted by Gasteiger charge is -2.26. The number of aryl methyl sites for hydroxylation is 1. The Hall–Kier alpha value is -0.670. The van der Waals surface area contributed by atoms with Crippen LogP contribution in [0.2, 0.25) is 0 Å². The number of aromatic nitrogens is 2. The molecule has 0 aliphatic carbocycles. The highest BCUT2D eigenvalue weighted by atomic mass is 35.5. The molecule has 1 fully saturated rings. The second-order valence-corrected chi connectivity index (χ2v) is 7.12. The average molecular weight is 295 g/mol. The van der Waals surface area contributed by atoms with Crippen LogP contribution in [0.4, 0.5) is 0 Å². The minimum absolute atomic E-state index is 0.0404. The van der Waals surface area contributed by atoms with E-state index >= 15 is 0 Å². The van der Waals surface area contributed by atoms with E-state index in [0.717, 1.165) is 11.3 Å². The highest BCUT2D eigenvalue weighted by Crippen LogP contribution is 2.35. The molecule has 1 aromatic heterocycles. The lowest BCUT2D eigenvalue weighted by Crippen LogP contribution is -2.17. The van der Waals surface area contributed by atoms with Gasteiger partial charge in [0.1, 0.15) is 5.82 Å². The van der Waals surface area contributed by atoms with Gasteiger partial charge in [0.05, 0.1) is 16.4 Å². The van der Waals surface area contributed by atoms with Crippen LogP contribution >= 0.6 is 23.4 Å². The topological polar surface area (TPSA) is 17.8 Å². The maximum atomic E-state index is 6.36. The Morgan fingerprint density at radius 3 is 2.79 bits per heavy atom. The Kier molecular flexibility index (Phi) is 3.77. The van der Waals surface area contributed by atoms with Crippen LogP contribution in [0.15, 0.2) is 18.2 Å². The molecule has 0 N–H and O–H groups in total. The summed E-state index contributed by atoms with van der Waals surface area (Å²) in [7, 11) is 0. The quantitative estimate of drug-likeness (QED) is 0.746. The summed E-state index contributed by atoms with van der Waals surface area (Å²) in [6, 6.07) is 6.99. The van der Waals surface area contributed by atoms with Crippen molar-refractivity contribution >= 4 is 34.4 Å². The lowest BCUT2D eigenvalue weighted by molar-refractivity contribution is 0.464. The van der Waals surface area contributed by atoms with Gasteiger partial charge in [0.15, 0.2) is 0 Å². The van der Waals surface area contributed by atoms with Gasteiger partial charge in [-0.15, -0.1) is 11.6 Å². The first-order chi connectivity index (χ1) is 9.18. The fourth-order valence-corrected chi connectivity index (χ4v) is 4.12. The molecule has 2 nitrogen and oxygen atoms in total. The molecule has 4 heteroatoms. The van der Waals surface area contributed by atoms with Crippen LogP contribution in [0.25, 0.3) is 11.0 Å². The molecule has 1 aliphatic rings. The Morgan fingerprint density at radius 1 is 1.37 bits per heavy atom. The van der Waals surface area contributed by atoms with E-state index in [0.29, 0.717) is 6.04 Å². The van der Waals surface area contributed by atoms with E-state index in [1.807, 2.05) is 6.92 Å². The summed E-state index contributed by atoms with van der Waals surface area (Å²) < 4.78 is 2.40. The second-order valence-electron chi connectivity index (χ2n) is 5.24. The van der Waals surface area contributed by atoms with Crippen LogP contribution in [-0.4, -0.2) is 21.1 Å². The van der Waals surface area contributed by atoms with Crippen molar-refractivity contribution in [2.45, 2.75) is 38.1 Å². The third kappa shape index (κ3) is 2.38. The number of fused-ring (bicyclic) bond motifs is 1. The van der Waals surface area contributed by atoms with Crippen LogP contribution in [0.5, 0.6) is 0 Å². The molecule has 0 amide bonds. The van der Waals surface area contributed by atoms with E-state index in [9.17, 15) is 0 Å². The number of hydrogen-bond acceptors (Lipinski definition) is 2. The maximum Gasteiger partial charge on any atom is 0.127 e. The van der Waals surface area contributed by atoms with Crippen LogP contribution < -0.4 is 0 Å². The number of thioether (sulfide) groups is 1. The predicted molar refractivity (Wildman–Crippen MR) is 84.3 cm³/mol. The molecule has 0 radical (unpaired) electrons. The standard InChI is InChI=1S/C15H19ClN2S/c1-10-4-3-5-13-14(10)17-15(11(2)16)18(13)12-6-8-19-9-7-12/h3-5,11-12H,6-9H2,1-2H3. The summed E-state index contributed by atoms with van der Waals surface area (Å²) in [5.74, 6) is 3.52. The van der Waals surface area contributed by atoms with Crippen LogP contribution in [0.3, 0.4) is 0 Å². The molecule has 2 heterocycles. The molecule has 3 rings (SSSR count). The van der Waals surface area contributed by atoms with Gasteiger partial charge in [-0.2, -0.15) is 11.8 Å². The summed E-state index contributed by atoms with van der Waals surface area (Å²) in [4.78, 5) is 4.81. The molecule has 1 aromatic carbocycles. The van der Waals surface area contributed by atoms with Gasteiger partial charge < -0.3 is 4.57 Å². The average Bonchev–Trinajstić information content (AvgIpc) is 2.81. The number of nitrogens with zero attached hydrogens (tertiary/aromatic N) is 2. The summed E-state index contributed by atoms with van der Waals surface area (Å²) in [5, 5.41) is -0.0404. The highest BCUT2D eigenvalue weighted by Gasteiger charge is 2.23. The molecule has 19 heavy (non-hydrogen) atoms. The number of rotatable bonds is 2. The van der Waals surface area contributed by atoms with E-state index in [1.165, 1.54) is 35.4 Å². The Labute approximate surface area is 123 Å². The van der Waals surface area contributed by atoms with Crippen LogP contribution in [-0.2, 0) is 0 Å². The minimum Gasteiger partial charge on any atom is -0.324 e. The molecule has 2 aromatic rings. The zero-order valence-corrected chi connectivity index (χ0v) is 13.0. The van der Waals surface area contributed by atoms with Crippen molar-refractivity contribution in [3.63, 3.8) is 0 Å². The fraction of sp³-hybridized carbons (Fsp3) is 0.533. The van der Waals surface area contributed by atoms with E-state index in [-0.39, 0.29) is 5.38 Å². The third-order valence-electron chi connectivity index (χ3n) is 3.86. The second kappa shape index (κ2) is 5.37. The smallest absolute Gasteiger partial charge is 0.127 e. The first-order valence-electron chi connectivity index (χ1n) is 6.87. The predicted octanol–water partition coefficient (Wildman–Crippen LogP) is 4.71. The van der Waals surface area contributed by atoms with Gasteiger partial charge in [0.2, 0.25) is 0 Å². The van der Waals surface area contributed by atoms with Gasteiger partial charge >= 0.3 is 0 Å². The van der Waals surface area contributed by atoms with Gasteiger partial charge in [-0.05, 0) is 49.8 Å². The van der Waals surface area contributed by atoms with Gasteiger partial charge in [-0.3, -0.25) is 0 Å². The monoisotopic (exact) mass is 294 g/mol. The van der Waals surface area contributed by atoms with E-state index in [4.69, 9.17) is 16.6 Å². The number of hydrogen-bond donors (Lipinski definition) is 0. The number of halogens is 1. The van der Waals surface area contributed by atoms with Gasteiger partial charge in [0.25, 0.3) is 0 Å². The van der Waals surface area contributed by atoms with Gasteiger partial charge in [-0.25, -0.2) is 4.98 Å². The first-order valence-corrected chi connectivity index (χ1v) is 8.47. The van der Waals surface area contributed by atoms with E-state index in [2.05, 4.69) is 41.5 Å². The molecule has 1 aliphatic heterocycles. The third-order valence-corrected chi connectivity index (χ3v) is 5.10. The van der Waals surface area contributed by atoms with Crippen molar-refractivity contribution in [1.82, 2.24) is 9.55 Å². The van der Waals surface area contributed by atoms with Crippen LogP contribution in [0.1, 0.15) is 42.6 Å². The number of imidazole rings is 1. The number of para-hydroxylation sites is 1. The molecule has 1 atom stereocenters. The minimum atomic E-state index is -0.0404. The molecular weight excluding hydrogens is 276 g/mol. The van der Waals surface area contributed by atoms with Crippen LogP contribution in [0, 0.1) is 6.92 Å². The summed E-state index contributed by atoms with van der Waals surface area (Å²) in [5.41, 5.74) is 3.60. The van der Waals surface area contributed by atoms with Crippen molar-refractivity contribution in [2.75, 3.05) is 11.5 Å². The Bertz CT molecular complexity index is 585. The zero-order valence-electron chi connectivity index (χ0n) is 11.4. The lowest BCUT2D eigenvalue weighted by atomic mass is 10.1. The fourth-order valence-electron chi connectivity index (χ4n) is 2.88. The summed E-state index contributed by atoms with van der Waals surface area (Å²) >= 11 is 8.41. The maximum absolute atomic E-state index is 6.36. The van der Waals surface area contributed by atoms with Crippen molar-refractivity contribution in [1.29, 1.82) is 0 Å². The number of benzene rings is 1. The number of alkyl halides is 1. The largest absolute Gasteiger partial charge is 0.324 e. The normalized spacial score (nSPS) is 18.9. The molecule has 0 bridgehead atoms. The van der Waals surface area contributed by atoms with Crippen molar-refractivity contribution in [3.05, 3.63) is 29.6 Å². The van der Waals surface area contributed by atoms with E-state index < -0.39 is 0 Å². The SMILES string of the molecule is Cc1cccc2c1nc(C(C)Cl)n2C1CCSCC1. The van der Waals surface area contributed by atoms with Crippen molar-refractivity contribution < 1.29 is 0 Å². The summed E-state index contributed by atoms with van der Waals surface area (Å²) in [6.07, 6.45) is 2.45. The Balaban J connectivity index is 2.18. The molecule has 1 unspecified atom stereocenters. The van der Waals surface area contributed by atoms with Gasteiger partial charge in [-0.1, -0.05) is 12.1 Å². The Morgan fingerprint density at radius 2 is 2.11 bits per heavy atom. The molecule has 0 saturated carbocycles. The first kappa shape index (κ1) is 13.3. The molecule has 1 saturated heterocycles. The molecule has 0 spiro atoms. The van der Waals surface area contributed by atoms with Gasteiger partial charge in [0, 0.05) is 6.04 Å². The summed E-state index contributed by atoms with van der Waals surface area (Å²) in [6.45, 7) is 4.14.